The third-order valence-corrected chi connectivity index (χ3v) is 4.15. The summed E-state index contributed by atoms with van der Waals surface area (Å²) < 4.78 is 50.4. The lowest BCUT2D eigenvalue weighted by atomic mass is 10.1. The van der Waals surface area contributed by atoms with Crippen molar-refractivity contribution in [2.45, 2.75) is 0 Å². The first-order valence-electron chi connectivity index (χ1n) is 7.56. The molecule has 10 nitrogen and oxygen atoms in total. The van der Waals surface area contributed by atoms with E-state index in [0.29, 0.717) is 0 Å². The molecule has 0 unspecified atom stereocenters. The van der Waals surface area contributed by atoms with Crippen molar-refractivity contribution in [1.29, 1.82) is 0 Å². The van der Waals surface area contributed by atoms with Crippen molar-refractivity contribution in [1.82, 2.24) is 0 Å². The Bertz CT molecular complexity index is 1230. The molecule has 3 aromatic rings. The van der Waals surface area contributed by atoms with Crippen LogP contribution in [-0.4, -0.2) is 37.4 Å². The molecule has 1 heterocycles. The minimum Gasteiger partial charge on any atom is -0.507 e. The summed E-state index contributed by atoms with van der Waals surface area (Å²) >= 11 is 0. The number of fused-ring (bicyclic) bond motifs is 1. The number of rotatable bonds is 5. The molecule has 11 heteroatoms. The molecule has 0 amide bonds. The Kier molecular flexibility index (Phi) is 4.79. The number of benzene rings is 2. The van der Waals surface area contributed by atoms with Crippen LogP contribution >= 0.6 is 0 Å². The SMILES string of the molecule is COc1cc(O)c2c(=O)c(OC)c(-c3ccc(OS(=O)(=O)O)c(O)c3)oc2c1. The lowest BCUT2D eigenvalue weighted by Gasteiger charge is -2.12. The molecule has 0 atom stereocenters. The monoisotopic (exact) mass is 410 g/mol. The van der Waals surface area contributed by atoms with Gasteiger partial charge in [-0.05, 0) is 18.2 Å². The van der Waals surface area contributed by atoms with Crippen LogP contribution in [0.3, 0.4) is 0 Å². The fourth-order valence-electron chi connectivity index (χ4n) is 2.59. The topological polar surface area (TPSA) is 153 Å². The van der Waals surface area contributed by atoms with Gasteiger partial charge in [0.1, 0.15) is 22.5 Å². The second-order valence-corrected chi connectivity index (χ2v) is 6.53. The first-order valence-corrected chi connectivity index (χ1v) is 8.93. The number of ether oxygens (including phenoxy) is 2. The van der Waals surface area contributed by atoms with E-state index in [0.717, 1.165) is 12.1 Å². The van der Waals surface area contributed by atoms with Gasteiger partial charge in [-0.15, -0.1) is 0 Å². The summed E-state index contributed by atoms with van der Waals surface area (Å²) in [6, 6.07) is 5.99. The van der Waals surface area contributed by atoms with Crippen LogP contribution in [0.4, 0.5) is 0 Å². The van der Waals surface area contributed by atoms with Crippen molar-refractivity contribution in [2.24, 2.45) is 0 Å². The average Bonchev–Trinajstić information content (AvgIpc) is 2.61. The minimum absolute atomic E-state index is 0.00426. The highest BCUT2D eigenvalue weighted by Gasteiger charge is 2.21. The highest BCUT2D eigenvalue weighted by atomic mass is 32.3. The van der Waals surface area contributed by atoms with Gasteiger partial charge in [-0.1, -0.05) is 0 Å². The number of phenols is 2. The zero-order valence-corrected chi connectivity index (χ0v) is 15.3. The fraction of sp³-hybridized carbons (Fsp3) is 0.118. The molecule has 0 radical (unpaired) electrons. The molecule has 3 rings (SSSR count). The van der Waals surface area contributed by atoms with Gasteiger partial charge in [0.15, 0.2) is 17.3 Å². The molecule has 0 aliphatic rings. The van der Waals surface area contributed by atoms with Gasteiger partial charge in [0.25, 0.3) is 0 Å². The molecular formula is C17H14O10S. The zero-order valence-electron chi connectivity index (χ0n) is 14.5. The molecule has 0 fully saturated rings. The number of hydrogen-bond donors (Lipinski definition) is 3. The Morgan fingerprint density at radius 3 is 2.29 bits per heavy atom. The molecule has 0 aliphatic carbocycles. The predicted molar refractivity (Wildman–Crippen MR) is 96.5 cm³/mol. The van der Waals surface area contributed by atoms with Crippen molar-refractivity contribution in [3.05, 3.63) is 40.6 Å². The van der Waals surface area contributed by atoms with E-state index in [1.54, 1.807) is 0 Å². The van der Waals surface area contributed by atoms with Crippen LogP contribution in [0.5, 0.6) is 28.7 Å². The smallest absolute Gasteiger partial charge is 0.446 e. The first-order chi connectivity index (χ1) is 13.1. The second kappa shape index (κ2) is 6.94. The van der Waals surface area contributed by atoms with E-state index in [2.05, 4.69) is 4.18 Å². The Morgan fingerprint density at radius 1 is 1.00 bits per heavy atom. The van der Waals surface area contributed by atoms with Gasteiger partial charge in [0, 0.05) is 17.7 Å². The van der Waals surface area contributed by atoms with Crippen LogP contribution < -0.4 is 19.1 Å². The fourth-order valence-corrected chi connectivity index (χ4v) is 2.96. The normalized spacial score (nSPS) is 11.4. The van der Waals surface area contributed by atoms with Crippen LogP contribution in [0.1, 0.15) is 0 Å². The molecular weight excluding hydrogens is 396 g/mol. The average molecular weight is 410 g/mol. The summed E-state index contributed by atoms with van der Waals surface area (Å²) in [7, 11) is -2.25. The number of hydrogen-bond acceptors (Lipinski definition) is 9. The van der Waals surface area contributed by atoms with E-state index in [4.69, 9.17) is 18.4 Å². The highest BCUT2D eigenvalue weighted by molar-refractivity contribution is 7.81. The van der Waals surface area contributed by atoms with E-state index in [1.807, 2.05) is 0 Å². The number of methoxy groups -OCH3 is 2. The first kappa shape index (κ1) is 19.3. The summed E-state index contributed by atoms with van der Waals surface area (Å²) in [6.07, 6.45) is 0. The van der Waals surface area contributed by atoms with Crippen LogP contribution in [0, 0.1) is 0 Å². The molecule has 0 saturated carbocycles. The quantitative estimate of drug-likeness (QED) is 0.533. The lowest BCUT2D eigenvalue weighted by molar-refractivity contribution is 0.371. The van der Waals surface area contributed by atoms with Crippen LogP contribution in [0.15, 0.2) is 39.5 Å². The summed E-state index contributed by atoms with van der Waals surface area (Å²) in [6.45, 7) is 0. The zero-order chi connectivity index (χ0) is 20.6. The van der Waals surface area contributed by atoms with Crippen LogP contribution in [-0.2, 0) is 10.4 Å². The summed E-state index contributed by atoms with van der Waals surface area (Å²) in [4.78, 5) is 12.7. The van der Waals surface area contributed by atoms with Crippen molar-refractivity contribution >= 4 is 21.4 Å². The van der Waals surface area contributed by atoms with Crippen LogP contribution in [0.2, 0.25) is 0 Å². The van der Waals surface area contributed by atoms with E-state index in [1.165, 1.54) is 32.4 Å². The Labute approximate surface area is 158 Å². The van der Waals surface area contributed by atoms with Gasteiger partial charge in [-0.3, -0.25) is 9.35 Å². The maximum Gasteiger partial charge on any atom is 0.446 e. The van der Waals surface area contributed by atoms with Crippen molar-refractivity contribution in [3.63, 3.8) is 0 Å². The predicted octanol–water partition coefficient (Wildman–Crippen LogP) is 2.07. The molecule has 0 saturated heterocycles. The van der Waals surface area contributed by atoms with E-state index in [-0.39, 0.29) is 39.5 Å². The molecule has 1 aromatic heterocycles. The molecule has 3 N–H and O–H groups in total. The lowest BCUT2D eigenvalue weighted by Crippen LogP contribution is -2.08. The van der Waals surface area contributed by atoms with E-state index < -0.39 is 27.3 Å². The summed E-state index contributed by atoms with van der Waals surface area (Å²) in [5, 5.41) is 19.9. The van der Waals surface area contributed by atoms with Gasteiger partial charge in [0.2, 0.25) is 11.2 Å². The standard InChI is InChI=1S/C17H14O10S/c1-24-9-6-11(19)14-13(7-9)26-16(17(25-2)15(14)20)8-3-4-12(10(18)5-8)27-28(21,22)23/h3-7,18-19H,1-2H3,(H,21,22,23). The van der Waals surface area contributed by atoms with Gasteiger partial charge >= 0.3 is 10.4 Å². The van der Waals surface area contributed by atoms with Crippen molar-refractivity contribution < 1.29 is 41.3 Å². The van der Waals surface area contributed by atoms with Gasteiger partial charge < -0.3 is 28.3 Å². The Morgan fingerprint density at radius 2 is 1.71 bits per heavy atom. The van der Waals surface area contributed by atoms with Gasteiger partial charge in [-0.25, -0.2) is 0 Å². The number of phenolic OH excluding ortho intramolecular Hbond substituents is 2. The maximum atomic E-state index is 12.7. The molecule has 0 spiro atoms. The molecule has 0 aliphatic heterocycles. The Balaban J connectivity index is 2.25. The third kappa shape index (κ3) is 3.52. The summed E-state index contributed by atoms with van der Waals surface area (Å²) in [5.74, 6) is -1.66. The largest absolute Gasteiger partial charge is 0.507 e. The van der Waals surface area contributed by atoms with Gasteiger partial charge in [0.05, 0.1) is 14.2 Å². The summed E-state index contributed by atoms with van der Waals surface area (Å²) in [5.41, 5.74) is -0.537. The minimum atomic E-state index is -4.84. The van der Waals surface area contributed by atoms with Gasteiger partial charge in [-0.2, -0.15) is 8.42 Å². The molecule has 2 aromatic carbocycles. The van der Waals surface area contributed by atoms with Crippen molar-refractivity contribution in [2.75, 3.05) is 14.2 Å². The Hall–Kier alpha value is -3.44. The molecule has 148 valence electrons. The van der Waals surface area contributed by atoms with E-state index >= 15 is 0 Å². The maximum absolute atomic E-state index is 12.7. The van der Waals surface area contributed by atoms with E-state index in [9.17, 15) is 23.4 Å². The third-order valence-electron chi connectivity index (χ3n) is 3.76. The number of aromatic hydroxyl groups is 2. The second-order valence-electron chi connectivity index (χ2n) is 5.51. The highest BCUT2D eigenvalue weighted by Crippen LogP contribution is 2.38. The molecule has 0 bridgehead atoms. The van der Waals surface area contributed by atoms with Crippen LogP contribution in [0.25, 0.3) is 22.3 Å². The molecule has 28 heavy (non-hydrogen) atoms. The van der Waals surface area contributed by atoms with Crippen molar-refractivity contribution in [3.8, 4) is 40.1 Å².